The Hall–Kier alpha value is -1.33. The predicted molar refractivity (Wildman–Crippen MR) is 116 cm³/mol. The molecule has 0 bridgehead atoms. The van der Waals surface area contributed by atoms with E-state index in [1.54, 1.807) is 7.11 Å². The van der Waals surface area contributed by atoms with Crippen LogP contribution in [0.2, 0.25) is 0 Å². The lowest BCUT2D eigenvalue weighted by Gasteiger charge is -2.44. The first-order valence-electron chi connectivity index (χ1n) is 10.5. The topological polar surface area (TPSA) is 33.7 Å². The minimum Gasteiger partial charge on any atom is -0.495 e. The maximum atomic E-state index is 5.82. The van der Waals surface area contributed by atoms with Crippen LogP contribution in [-0.2, 0) is 4.74 Å². The number of ether oxygens (including phenoxy) is 2. The molecule has 2 fully saturated rings. The number of nitrogens with one attached hydrogen (secondary N) is 1. The average Bonchev–Trinajstić information content (AvgIpc) is 3.06. The van der Waals surface area contributed by atoms with Crippen LogP contribution in [0, 0.1) is 5.92 Å². The largest absolute Gasteiger partial charge is 0.495 e. The molecule has 2 aliphatic rings. The number of hydrogen-bond acceptors (Lipinski definition) is 4. The molecule has 1 aliphatic heterocycles. The first-order chi connectivity index (χ1) is 13.2. The Kier molecular flexibility index (Phi) is 7.36. The van der Waals surface area contributed by atoms with Gasteiger partial charge in [0.25, 0.3) is 5.17 Å². The molecule has 150 valence electrons. The second-order valence-electron chi connectivity index (χ2n) is 8.01. The molecule has 1 saturated heterocycles. The van der Waals surface area contributed by atoms with Crippen molar-refractivity contribution in [2.75, 3.05) is 32.1 Å². The number of thiocarbonyl (C=S) groups is 1. The van der Waals surface area contributed by atoms with Gasteiger partial charge in [0, 0.05) is 12.1 Å². The minimum absolute atomic E-state index is 0.416. The van der Waals surface area contributed by atoms with Crippen molar-refractivity contribution < 1.29 is 9.47 Å². The molecule has 3 rings (SSSR count). The summed E-state index contributed by atoms with van der Waals surface area (Å²) >= 11 is 5.37. The van der Waals surface area contributed by atoms with Gasteiger partial charge in [-0.05, 0) is 75.3 Å². The van der Waals surface area contributed by atoms with Gasteiger partial charge in [0.1, 0.15) is 12.4 Å². The van der Waals surface area contributed by atoms with E-state index in [0.717, 1.165) is 23.9 Å². The van der Waals surface area contributed by atoms with E-state index in [0.29, 0.717) is 17.3 Å². The number of benzene rings is 1. The van der Waals surface area contributed by atoms with Crippen molar-refractivity contribution in [1.29, 1.82) is 0 Å². The number of rotatable bonds is 7. The highest BCUT2D eigenvalue weighted by atomic mass is 32.1. The van der Waals surface area contributed by atoms with E-state index in [2.05, 4.69) is 17.1 Å². The minimum atomic E-state index is 0.416. The predicted octanol–water partition coefficient (Wildman–Crippen LogP) is 5.23. The zero-order chi connectivity index (χ0) is 19.1. The van der Waals surface area contributed by atoms with Crippen LogP contribution in [-0.4, -0.2) is 42.4 Å². The smallest absolute Gasteiger partial charge is 0.261 e. The number of para-hydroxylation sites is 2. The molecular formula is C22H34N2O2S. The Morgan fingerprint density at radius 2 is 2.04 bits per heavy atom. The SMILES string of the molecule is CCCC1CCC2(CCCN2CCOC(=S)Nc2ccccc2OC)CC1. The van der Waals surface area contributed by atoms with Crippen LogP contribution in [0.1, 0.15) is 58.3 Å². The summed E-state index contributed by atoms with van der Waals surface area (Å²) in [5.41, 5.74) is 1.28. The Morgan fingerprint density at radius 3 is 2.78 bits per heavy atom. The summed E-state index contributed by atoms with van der Waals surface area (Å²) in [6.45, 7) is 5.12. The van der Waals surface area contributed by atoms with E-state index in [1.807, 2.05) is 24.3 Å². The van der Waals surface area contributed by atoms with E-state index in [-0.39, 0.29) is 0 Å². The zero-order valence-electron chi connectivity index (χ0n) is 16.8. The van der Waals surface area contributed by atoms with Crippen molar-refractivity contribution >= 4 is 23.1 Å². The summed E-state index contributed by atoms with van der Waals surface area (Å²) in [7, 11) is 1.66. The molecule has 0 amide bonds. The molecule has 5 heteroatoms. The van der Waals surface area contributed by atoms with Gasteiger partial charge in [0.2, 0.25) is 0 Å². The standard InChI is InChI=1S/C22H34N2O2S/c1-3-7-18-10-13-22(14-11-18)12-6-15-24(22)16-17-26-21(27)23-19-8-4-5-9-20(19)25-2/h4-5,8-9,18H,3,6-7,10-17H2,1-2H3,(H,23,27). The van der Waals surface area contributed by atoms with E-state index < -0.39 is 0 Å². The Labute approximate surface area is 169 Å². The van der Waals surface area contributed by atoms with Crippen molar-refractivity contribution in [2.24, 2.45) is 5.92 Å². The molecule has 0 unspecified atom stereocenters. The van der Waals surface area contributed by atoms with Gasteiger partial charge in [0.05, 0.1) is 12.8 Å². The van der Waals surface area contributed by atoms with Crippen LogP contribution in [0.3, 0.4) is 0 Å². The quantitative estimate of drug-likeness (QED) is 0.645. The lowest BCUT2D eigenvalue weighted by molar-refractivity contribution is 0.0596. The van der Waals surface area contributed by atoms with Crippen LogP contribution in [0.4, 0.5) is 5.69 Å². The third-order valence-corrected chi connectivity index (χ3v) is 6.63. The number of methoxy groups -OCH3 is 1. The van der Waals surface area contributed by atoms with Crippen molar-refractivity contribution in [3.8, 4) is 5.75 Å². The summed E-state index contributed by atoms with van der Waals surface area (Å²) in [4.78, 5) is 2.68. The summed E-state index contributed by atoms with van der Waals surface area (Å²) in [5.74, 6) is 1.72. The monoisotopic (exact) mass is 390 g/mol. The Bertz CT molecular complexity index is 614. The fourth-order valence-electron chi connectivity index (χ4n) is 4.96. The van der Waals surface area contributed by atoms with E-state index >= 15 is 0 Å². The molecule has 1 aliphatic carbocycles. The van der Waals surface area contributed by atoms with Gasteiger partial charge >= 0.3 is 0 Å². The highest BCUT2D eigenvalue weighted by Gasteiger charge is 2.42. The van der Waals surface area contributed by atoms with E-state index in [4.69, 9.17) is 21.7 Å². The van der Waals surface area contributed by atoms with Gasteiger partial charge in [-0.1, -0.05) is 31.9 Å². The Morgan fingerprint density at radius 1 is 1.26 bits per heavy atom. The second-order valence-corrected chi connectivity index (χ2v) is 8.38. The molecule has 1 aromatic rings. The summed E-state index contributed by atoms with van der Waals surface area (Å²) in [6, 6.07) is 7.75. The third kappa shape index (κ3) is 5.14. The molecule has 0 aromatic heterocycles. The molecule has 1 saturated carbocycles. The molecule has 27 heavy (non-hydrogen) atoms. The first-order valence-corrected chi connectivity index (χ1v) is 10.9. The maximum Gasteiger partial charge on any atom is 0.261 e. The first kappa shape index (κ1) is 20.4. The van der Waals surface area contributed by atoms with Crippen LogP contribution in [0.15, 0.2) is 24.3 Å². The zero-order valence-corrected chi connectivity index (χ0v) is 17.7. The highest BCUT2D eigenvalue weighted by Crippen LogP contribution is 2.44. The second kappa shape index (κ2) is 9.74. The summed E-state index contributed by atoms with van der Waals surface area (Å²) < 4.78 is 11.2. The number of anilines is 1. The molecule has 1 heterocycles. The highest BCUT2D eigenvalue weighted by molar-refractivity contribution is 7.80. The van der Waals surface area contributed by atoms with Crippen molar-refractivity contribution in [1.82, 2.24) is 4.90 Å². The molecule has 1 spiro atoms. The van der Waals surface area contributed by atoms with Crippen LogP contribution in [0.5, 0.6) is 5.75 Å². The van der Waals surface area contributed by atoms with Gasteiger partial charge in [-0.3, -0.25) is 4.90 Å². The van der Waals surface area contributed by atoms with Crippen molar-refractivity contribution in [3.05, 3.63) is 24.3 Å². The van der Waals surface area contributed by atoms with Gasteiger partial charge in [-0.15, -0.1) is 0 Å². The Balaban J connectivity index is 1.45. The van der Waals surface area contributed by atoms with Gasteiger partial charge in [0.15, 0.2) is 0 Å². The fraction of sp³-hybridized carbons (Fsp3) is 0.682. The number of nitrogens with zero attached hydrogens (tertiary/aromatic N) is 1. The maximum absolute atomic E-state index is 5.82. The lowest BCUT2D eigenvalue weighted by atomic mass is 9.74. The van der Waals surface area contributed by atoms with E-state index in [9.17, 15) is 0 Å². The fourth-order valence-corrected chi connectivity index (χ4v) is 5.16. The summed E-state index contributed by atoms with van der Waals surface area (Å²) in [5, 5.41) is 3.56. The number of hydrogen-bond donors (Lipinski definition) is 1. The van der Waals surface area contributed by atoms with Gasteiger partial charge in [-0.2, -0.15) is 0 Å². The molecule has 4 nitrogen and oxygen atoms in total. The molecule has 1 N–H and O–H groups in total. The third-order valence-electron chi connectivity index (χ3n) is 6.41. The van der Waals surface area contributed by atoms with Crippen LogP contribution >= 0.6 is 12.2 Å². The van der Waals surface area contributed by atoms with Crippen LogP contribution in [0.25, 0.3) is 0 Å². The van der Waals surface area contributed by atoms with Crippen molar-refractivity contribution in [3.63, 3.8) is 0 Å². The average molecular weight is 391 g/mol. The lowest BCUT2D eigenvalue weighted by Crippen LogP contribution is -2.47. The molecular weight excluding hydrogens is 356 g/mol. The van der Waals surface area contributed by atoms with Crippen molar-refractivity contribution in [2.45, 2.75) is 63.8 Å². The van der Waals surface area contributed by atoms with Gasteiger partial charge in [-0.25, -0.2) is 0 Å². The van der Waals surface area contributed by atoms with Crippen LogP contribution < -0.4 is 10.1 Å². The normalized spacial score (nSPS) is 25.5. The van der Waals surface area contributed by atoms with Gasteiger partial charge < -0.3 is 14.8 Å². The molecule has 0 atom stereocenters. The molecule has 1 aromatic carbocycles. The van der Waals surface area contributed by atoms with E-state index in [1.165, 1.54) is 57.9 Å². The molecule has 0 radical (unpaired) electrons. The number of likely N-dealkylation sites (tertiary alicyclic amines) is 1. The summed E-state index contributed by atoms with van der Waals surface area (Å²) in [6.07, 6.45) is 10.9.